The van der Waals surface area contributed by atoms with Crippen LogP contribution in [0.3, 0.4) is 0 Å². The molecular weight excluding hydrogens is 380 g/mol. The molecule has 1 N–H and O–H groups in total. The minimum absolute atomic E-state index is 0.0239. The molecule has 2 aliphatic heterocycles. The molecule has 1 saturated heterocycles. The van der Waals surface area contributed by atoms with Crippen molar-refractivity contribution < 1.29 is 9.59 Å². The largest absolute Gasteiger partial charge is 0.353 e. The summed E-state index contributed by atoms with van der Waals surface area (Å²) >= 11 is 0. The Hall–Kier alpha value is -3.42. The first-order valence-corrected chi connectivity index (χ1v) is 10.4. The molecule has 5 heterocycles. The summed E-state index contributed by atoms with van der Waals surface area (Å²) in [6, 6.07) is 7.33. The predicted molar refractivity (Wildman–Crippen MR) is 113 cm³/mol. The number of amides is 2. The monoisotopic (exact) mass is 404 g/mol. The van der Waals surface area contributed by atoms with Crippen LogP contribution in [0.4, 0.5) is 5.82 Å². The van der Waals surface area contributed by atoms with Crippen molar-refractivity contribution in [2.75, 3.05) is 31.1 Å². The number of anilines is 1. The van der Waals surface area contributed by atoms with E-state index in [-0.39, 0.29) is 11.8 Å². The van der Waals surface area contributed by atoms with Crippen molar-refractivity contribution in [3.63, 3.8) is 0 Å². The van der Waals surface area contributed by atoms with Gasteiger partial charge in [0.05, 0.1) is 5.56 Å². The van der Waals surface area contributed by atoms with Gasteiger partial charge in [0.1, 0.15) is 17.5 Å². The van der Waals surface area contributed by atoms with Crippen LogP contribution in [0.25, 0.3) is 11.0 Å². The smallest absolute Gasteiger partial charge is 0.257 e. The Morgan fingerprint density at radius 2 is 1.97 bits per heavy atom. The van der Waals surface area contributed by atoms with Crippen molar-refractivity contribution >= 4 is 28.7 Å². The second-order valence-corrected chi connectivity index (χ2v) is 7.75. The van der Waals surface area contributed by atoms with Crippen LogP contribution in [-0.2, 0) is 11.3 Å². The third-order valence-corrected chi connectivity index (χ3v) is 6.10. The van der Waals surface area contributed by atoms with Crippen LogP contribution in [0.1, 0.15) is 29.3 Å². The van der Waals surface area contributed by atoms with Crippen LogP contribution in [0.5, 0.6) is 0 Å². The van der Waals surface area contributed by atoms with Gasteiger partial charge in [-0.05, 0) is 30.2 Å². The maximum absolute atomic E-state index is 13.4. The highest BCUT2D eigenvalue weighted by Crippen LogP contribution is 2.30. The van der Waals surface area contributed by atoms with Gasteiger partial charge < -0.3 is 19.7 Å². The van der Waals surface area contributed by atoms with E-state index in [2.05, 4.69) is 19.9 Å². The summed E-state index contributed by atoms with van der Waals surface area (Å²) in [7, 11) is 0. The van der Waals surface area contributed by atoms with E-state index in [4.69, 9.17) is 0 Å². The molecule has 5 rings (SSSR count). The second kappa shape index (κ2) is 7.44. The Kier molecular flexibility index (Phi) is 4.61. The summed E-state index contributed by atoms with van der Waals surface area (Å²) in [6.07, 6.45) is 5.82. The quantitative estimate of drug-likeness (QED) is 0.719. The number of carbonyl (C=O) groups excluding carboxylic acids is 2. The third kappa shape index (κ3) is 2.99. The van der Waals surface area contributed by atoms with E-state index in [1.165, 1.54) is 0 Å². The maximum Gasteiger partial charge on any atom is 0.257 e. The fourth-order valence-corrected chi connectivity index (χ4v) is 4.52. The van der Waals surface area contributed by atoms with Gasteiger partial charge in [-0.2, -0.15) is 0 Å². The van der Waals surface area contributed by atoms with Gasteiger partial charge >= 0.3 is 0 Å². The summed E-state index contributed by atoms with van der Waals surface area (Å²) in [5, 5.41) is 0.880. The molecule has 0 aliphatic carbocycles. The van der Waals surface area contributed by atoms with E-state index in [9.17, 15) is 9.59 Å². The van der Waals surface area contributed by atoms with Crippen LogP contribution in [0, 0.1) is 0 Å². The Balaban J connectivity index is 1.32. The van der Waals surface area contributed by atoms with Crippen molar-refractivity contribution in [3.8, 4) is 0 Å². The van der Waals surface area contributed by atoms with Crippen LogP contribution >= 0.6 is 0 Å². The summed E-state index contributed by atoms with van der Waals surface area (Å²) in [4.78, 5) is 44.1. The number of carbonyl (C=O) groups is 2. The number of H-pyrrole nitrogens is 1. The van der Waals surface area contributed by atoms with Gasteiger partial charge in [-0.3, -0.25) is 9.59 Å². The molecule has 30 heavy (non-hydrogen) atoms. The number of piperazine rings is 1. The summed E-state index contributed by atoms with van der Waals surface area (Å²) in [5.41, 5.74) is 2.35. The summed E-state index contributed by atoms with van der Waals surface area (Å²) in [5.74, 6) is 0.856. The molecule has 0 spiro atoms. The molecule has 0 radical (unpaired) electrons. The van der Waals surface area contributed by atoms with Gasteiger partial charge in [0, 0.05) is 56.7 Å². The van der Waals surface area contributed by atoms with E-state index >= 15 is 0 Å². The highest BCUT2D eigenvalue weighted by atomic mass is 16.2. The standard InChI is InChI=1S/C22H24N6O2/c1-2-17(22(30)27-11-9-26(10-12-27)18-5-3-4-7-23-18)28-14-15-6-8-24-20-19(15)16(13-25-20)21(28)29/h3-8,13,17H,2,9-12,14H2,1H3,(H,24,25)/t17-/m1/s1. The van der Waals surface area contributed by atoms with Gasteiger partial charge in [-0.25, -0.2) is 9.97 Å². The normalized spacial score (nSPS) is 17.5. The van der Waals surface area contributed by atoms with Crippen molar-refractivity contribution in [1.29, 1.82) is 0 Å². The number of hydrogen-bond donors (Lipinski definition) is 1. The molecule has 3 aromatic heterocycles. The van der Waals surface area contributed by atoms with Gasteiger partial charge in [0.25, 0.3) is 5.91 Å². The molecule has 0 bridgehead atoms. The van der Waals surface area contributed by atoms with Gasteiger partial charge in [-0.15, -0.1) is 0 Å². The third-order valence-electron chi connectivity index (χ3n) is 6.10. The Morgan fingerprint density at radius 1 is 1.13 bits per heavy atom. The zero-order valence-corrected chi connectivity index (χ0v) is 16.9. The summed E-state index contributed by atoms with van der Waals surface area (Å²) < 4.78 is 0. The van der Waals surface area contributed by atoms with E-state index in [0.717, 1.165) is 35.5 Å². The van der Waals surface area contributed by atoms with Crippen molar-refractivity contribution in [3.05, 3.63) is 54.0 Å². The lowest BCUT2D eigenvalue weighted by atomic mass is 9.99. The lowest BCUT2D eigenvalue weighted by Gasteiger charge is -2.40. The molecule has 154 valence electrons. The predicted octanol–water partition coefficient (Wildman–Crippen LogP) is 2.04. The minimum Gasteiger partial charge on any atom is -0.353 e. The Morgan fingerprint density at radius 3 is 2.70 bits per heavy atom. The molecule has 2 amide bonds. The van der Waals surface area contributed by atoms with Crippen LogP contribution < -0.4 is 4.90 Å². The van der Waals surface area contributed by atoms with E-state index in [1.807, 2.05) is 36.1 Å². The number of nitrogens with one attached hydrogen (secondary N) is 1. The second-order valence-electron chi connectivity index (χ2n) is 7.75. The fourth-order valence-electron chi connectivity index (χ4n) is 4.52. The lowest BCUT2D eigenvalue weighted by molar-refractivity contribution is -0.136. The first kappa shape index (κ1) is 18.6. The number of rotatable bonds is 4. The van der Waals surface area contributed by atoms with Gasteiger partial charge in [-0.1, -0.05) is 13.0 Å². The SMILES string of the molecule is CC[C@H](C(=O)N1CCN(c2ccccn2)CC1)N1Cc2ccnc3[nH]cc(c23)C1=O. The average Bonchev–Trinajstić information content (AvgIpc) is 3.24. The highest BCUT2D eigenvalue weighted by Gasteiger charge is 2.37. The average molecular weight is 404 g/mol. The van der Waals surface area contributed by atoms with Crippen LogP contribution in [0.15, 0.2) is 42.9 Å². The van der Waals surface area contributed by atoms with Gasteiger partial charge in [0.2, 0.25) is 5.91 Å². The van der Waals surface area contributed by atoms with E-state index in [0.29, 0.717) is 31.6 Å². The highest BCUT2D eigenvalue weighted by molar-refractivity contribution is 6.10. The molecule has 0 aromatic carbocycles. The number of hydrogen-bond acceptors (Lipinski definition) is 5. The first-order valence-electron chi connectivity index (χ1n) is 10.4. The molecule has 8 nitrogen and oxygen atoms in total. The van der Waals surface area contributed by atoms with E-state index in [1.54, 1.807) is 23.5 Å². The molecule has 2 aliphatic rings. The molecule has 1 fully saturated rings. The number of pyridine rings is 2. The molecular formula is C22H24N6O2. The minimum atomic E-state index is -0.467. The van der Waals surface area contributed by atoms with Crippen molar-refractivity contribution in [2.24, 2.45) is 0 Å². The topological polar surface area (TPSA) is 85.4 Å². The number of nitrogens with zero attached hydrogens (tertiary/aromatic N) is 5. The zero-order valence-electron chi connectivity index (χ0n) is 16.9. The summed E-state index contributed by atoms with van der Waals surface area (Å²) in [6.45, 7) is 5.13. The zero-order chi connectivity index (χ0) is 20.7. The van der Waals surface area contributed by atoms with Gasteiger partial charge in [0.15, 0.2) is 0 Å². The van der Waals surface area contributed by atoms with Crippen LogP contribution in [-0.4, -0.2) is 68.8 Å². The maximum atomic E-state index is 13.4. The number of aromatic nitrogens is 3. The van der Waals surface area contributed by atoms with E-state index < -0.39 is 6.04 Å². The van der Waals surface area contributed by atoms with Crippen LogP contribution in [0.2, 0.25) is 0 Å². The molecule has 1 atom stereocenters. The molecule has 0 saturated carbocycles. The van der Waals surface area contributed by atoms with Crippen molar-refractivity contribution in [2.45, 2.75) is 25.9 Å². The first-order chi connectivity index (χ1) is 14.7. The molecule has 0 unspecified atom stereocenters. The van der Waals surface area contributed by atoms with Crippen molar-refractivity contribution in [1.82, 2.24) is 24.8 Å². The molecule has 3 aromatic rings. The Bertz CT molecular complexity index is 1090. The molecule has 8 heteroatoms. The number of aromatic amines is 1. The Labute approximate surface area is 174 Å². The fraction of sp³-hybridized carbons (Fsp3) is 0.364. The lowest BCUT2D eigenvalue weighted by Crippen LogP contribution is -2.56.